The highest BCUT2D eigenvalue weighted by molar-refractivity contribution is 5.28. The Hall–Kier alpha value is -1.24. The van der Waals surface area contributed by atoms with Crippen molar-refractivity contribution in [3.05, 3.63) is 11.9 Å². The molecule has 0 unspecified atom stereocenters. The van der Waals surface area contributed by atoms with E-state index < -0.39 is 12.3 Å². The normalized spacial score (nSPS) is 14.0. The first-order valence-corrected chi connectivity index (χ1v) is 4.26. The van der Waals surface area contributed by atoms with Crippen LogP contribution in [-0.4, -0.2) is 28.2 Å². The van der Waals surface area contributed by atoms with E-state index in [1.807, 2.05) is 0 Å². The SMILES string of the molecule is CCn1ncc(OC)c1[C@@H](O)C(F)(F)F. The molecule has 15 heavy (non-hydrogen) atoms. The van der Waals surface area contributed by atoms with Crippen LogP contribution in [-0.2, 0) is 6.54 Å². The average molecular weight is 224 g/mol. The van der Waals surface area contributed by atoms with Gasteiger partial charge in [0.05, 0.1) is 13.3 Å². The molecule has 0 bridgehead atoms. The number of hydrogen-bond donors (Lipinski definition) is 1. The van der Waals surface area contributed by atoms with Crippen LogP contribution in [0.3, 0.4) is 0 Å². The number of aliphatic hydroxyl groups excluding tert-OH is 1. The summed E-state index contributed by atoms with van der Waals surface area (Å²) in [5.41, 5.74) is -0.368. The van der Waals surface area contributed by atoms with Gasteiger partial charge in [-0.3, -0.25) is 4.68 Å². The van der Waals surface area contributed by atoms with E-state index in [1.54, 1.807) is 6.92 Å². The zero-order valence-corrected chi connectivity index (χ0v) is 8.25. The van der Waals surface area contributed by atoms with Gasteiger partial charge in [0.2, 0.25) is 0 Å². The van der Waals surface area contributed by atoms with Crippen molar-refractivity contribution in [1.82, 2.24) is 9.78 Å². The van der Waals surface area contributed by atoms with Crippen molar-refractivity contribution in [3.63, 3.8) is 0 Å². The first kappa shape index (κ1) is 11.8. The van der Waals surface area contributed by atoms with E-state index >= 15 is 0 Å². The van der Waals surface area contributed by atoms with Gasteiger partial charge in [0, 0.05) is 6.54 Å². The molecule has 1 aromatic heterocycles. The van der Waals surface area contributed by atoms with Gasteiger partial charge < -0.3 is 9.84 Å². The van der Waals surface area contributed by atoms with Gasteiger partial charge >= 0.3 is 6.18 Å². The summed E-state index contributed by atoms with van der Waals surface area (Å²) in [6, 6.07) is 0. The molecule has 1 aromatic rings. The van der Waals surface area contributed by atoms with Gasteiger partial charge in [-0.15, -0.1) is 0 Å². The Balaban J connectivity index is 3.15. The fourth-order valence-corrected chi connectivity index (χ4v) is 1.22. The van der Waals surface area contributed by atoms with Crippen molar-refractivity contribution in [3.8, 4) is 5.75 Å². The number of hydrogen-bond acceptors (Lipinski definition) is 3. The van der Waals surface area contributed by atoms with Gasteiger partial charge in [-0.05, 0) is 6.92 Å². The molecule has 1 heterocycles. The summed E-state index contributed by atoms with van der Waals surface area (Å²) in [5, 5.41) is 12.8. The minimum absolute atomic E-state index is 0.0679. The minimum atomic E-state index is -4.72. The molecule has 0 aliphatic rings. The largest absolute Gasteiger partial charge is 0.493 e. The second-order valence-corrected chi connectivity index (χ2v) is 2.86. The molecular formula is C8H11F3N2O2. The molecule has 0 aliphatic heterocycles. The molecule has 7 heteroatoms. The maximum absolute atomic E-state index is 12.3. The van der Waals surface area contributed by atoms with Crippen LogP contribution in [0, 0.1) is 0 Å². The smallest absolute Gasteiger partial charge is 0.420 e. The van der Waals surface area contributed by atoms with Crippen molar-refractivity contribution in [1.29, 1.82) is 0 Å². The van der Waals surface area contributed by atoms with Gasteiger partial charge in [-0.25, -0.2) is 0 Å². The molecule has 0 amide bonds. The lowest BCUT2D eigenvalue weighted by atomic mass is 10.2. The average Bonchev–Trinajstić information content (AvgIpc) is 2.57. The molecule has 1 rings (SSSR count). The van der Waals surface area contributed by atoms with Crippen LogP contribution in [0.15, 0.2) is 6.20 Å². The van der Waals surface area contributed by atoms with Gasteiger partial charge in [0.1, 0.15) is 5.69 Å². The summed E-state index contributed by atoms with van der Waals surface area (Å²) >= 11 is 0. The number of ether oxygens (including phenoxy) is 1. The molecule has 0 spiro atoms. The molecule has 0 fully saturated rings. The Morgan fingerprint density at radius 1 is 1.60 bits per heavy atom. The monoisotopic (exact) mass is 224 g/mol. The van der Waals surface area contributed by atoms with E-state index in [-0.39, 0.29) is 18.0 Å². The third-order valence-electron chi connectivity index (χ3n) is 1.93. The highest BCUT2D eigenvalue weighted by Gasteiger charge is 2.43. The standard InChI is InChI=1S/C8H11F3N2O2/c1-3-13-6(5(15-2)4-12-13)7(14)8(9,10)11/h4,7,14H,3H2,1-2H3/t7-/m1/s1. The Kier molecular flexibility index (Phi) is 3.23. The van der Waals surface area contributed by atoms with E-state index in [0.717, 1.165) is 10.9 Å². The molecule has 4 nitrogen and oxygen atoms in total. The van der Waals surface area contributed by atoms with Crippen molar-refractivity contribution in [2.45, 2.75) is 25.7 Å². The molecule has 0 saturated heterocycles. The minimum Gasteiger partial charge on any atom is -0.493 e. The summed E-state index contributed by atoms with van der Waals surface area (Å²) < 4.78 is 42.6. The molecule has 0 saturated carbocycles. The van der Waals surface area contributed by atoms with Gasteiger partial charge in [-0.2, -0.15) is 18.3 Å². The summed E-state index contributed by atoms with van der Waals surface area (Å²) in [7, 11) is 1.23. The molecule has 0 aromatic carbocycles. The zero-order chi connectivity index (χ0) is 11.6. The Morgan fingerprint density at radius 2 is 2.20 bits per heavy atom. The van der Waals surface area contributed by atoms with Gasteiger partial charge in [-0.1, -0.05) is 0 Å². The lowest BCUT2D eigenvalue weighted by molar-refractivity contribution is -0.209. The Bertz CT molecular complexity index is 314. The summed E-state index contributed by atoms with van der Waals surface area (Å²) in [5.74, 6) is -0.0679. The van der Waals surface area contributed by atoms with Crippen LogP contribution in [0.1, 0.15) is 18.7 Å². The lowest BCUT2D eigenvalue weighted by Crippen LogP contribution is -2.23. The number of nitrogens with zero attached hydrogens (tertiary/aromatic N) is 2. The maximum atomic E-state index is 12.3. The van der Waals surface area contributed by atoms with Crippen molar-refractivity contribution in [2.75, 3.05) is 7.11 Å². The van der Waals surface area contributed by atoms with E-state index in [4.69, 9.17) is 9.84 Å². The first-order chi connectivity index (χ1) is 6.91. The summed E-state index contributed by atoms with van der Waals surface area (Å²) in [4.78, 5) is 0. The fraction of sp³-hybridized carbons (Fsp3) is 0.625. The van der Waals surface area contributed by atoms with E-state index in [0.29, 0.717) is 0 Å². The number of halogens is 3. The van der Waals surface area contributed by atoms with E-state index in [1.165, 1.54) is 7.11 Å². The fourth-order valence-electron chi connectivity index (χ4n) is 1.22. The molecule has 0 radical (unpaired) electrons. The van der Waals surface area contributed by atoms with E-state index in [2.05, 4.69) is 5.10 Å². The third kappa shape index (κ3) is 2.23. The molecule has 0 aliphatic carbocycles. The Labute approximate surface area is 84.3 Å². The van der Waals surface area contributed by atoms with Gasteiger partial charge in [0.15, 0.2) is 11.9 Å². The zero-order valence-electron chi connectivity index (χ0n) is 8.25. The second-order valence-electron chi connectivity index (χ2n) is 2.86. The topological polar surface area (TPSA) is 47.3 Å². The second kappa shape index (κ2) is 4.09. The number of methoxy groups -OCH3 is 1. The Morgan fingerprint density at radius 3 is 2.60 bits per heavy atom. The third-order valence-corrected chi connectivity index (χ3v) is 1.93. The van der Waals surface area contributed by atoms with Crippen molar-refractivity contribution in [2.24, 2.45) is 0 Å². The summed E-state index contributed by atoms with van der Waals surface area (Å²) in [6.45, 7) is 1.85. The van der Waals surface area contributed by atoms with Crippen LogP contribution in [0.5, 0.6) is 5.75 Å². The van der Waals surface area contributed by atoms with Crippen LogP contribution in [0.2, 0.25) is 0 Å². The van der Waals surface area contributed by atoms with Crippen LogP contribution < -0.4 is 4.74 Å². The molecule has 1 atom stereocenters. The van der Waals surface area contributed by atoms with Crippen LogP contribution in [0.4, 0.5) is 13.2 Å². The first-order valence-electron chi connectivity index (χ1n) is 4.26. The number of aryl methyl sites for hydroxylation is 1. The predicted octanol–water partition coefficient (Wildman–Crippen LogP) is 1.51. The molecule has 1 N–H and O–H groups in total. The highest BCUT2D eigenvalue weighted by Crippen LogP contribution is 2.36. The molecule has 86 valence electrons. The van der Waals surface area contributed by atoms with Gasteiger partial charge in [0.25, 0.3) is 0 Å². The lowest BCUT2D eigenvalue weighted by Gasteiger charge is -2.16. The van der Waals surface area contributed by atoms with Crippen molar-refractivity contribution >= 4 is 0 Å². The highest BCUT2D eigenvalue weighted by atomic mass is 19.4. The predicted molar refractivity (Wildman–Crippen MR) is 45.5 cm³/mol. The van der Waals surface area contributed by atoms with Crippen LogP contribution in [0.25, 0.3) is 0 Å². The van der Waals surface area contributed by atoms with E-state index in [9.17, 15) is 13.2 Å². The maximum Gasteiger partial charge on any atom is 0.420 e. The molecular weight excluding hydrogens is 213 g/mol. The number of aromatic nitrogens is 2. The quantitative estimate of drug-likeness (QED) is 0.846. The van der Waals surface area contributed by atoms with Crippen LogP contribution >= 0.6 is 0 Å². The summed E-state index contributed by atoms with van der Waals surface area (Å²) in [6.07, 6.45) is -6.15. The van der Waals surface area contributed by atoms with Crippen molar-refractivity contribution < 1.29 is 23.0 Å². The number of aliphatic hydroxyl groups is 1. The number of rotatable bonds is 3. The number of alkyl halides is 3.